The Hall–Kier alpha value is -0.890. The molecule has 0 saturated heterocycles. The molecule has 1 aromatic heterocycles. The molecular formula is C10H16N2. The van der Waals surface area contributed by atoms with Gasteiger partial charge in [0.25, 0.3) is 0 Å². The van der Waals surface area contributed by atoms with Gasteiger partial charge in [-0.2, -0.15) is 0 Å². The summed E-state index contributed by atoms with van der Waals surface area (Å²) in [6.45, 7) is 4.17. The highest BCUT2D eigenvalue weighted by Crippen LogP contribution is 2.03. The number of rotatable bonds is 3. The van der Waals surface area contributed by atoms with Crippen LogP contribution in [0.2, 0.25) is 0 Å². The molecule has 0 fully saturated rings. The summed E-state index contributed by atoms with van der Waals surface area (Å²) in [4.78, 5) is 4.25. The maximum Gasteiger partial charge on any atom is 0.0421 e. The lowest BCUT2D eigenvalue weighted by Gasteiger charge is -2.07. The smallest absolute Gasteiger partial charge is 0.0421 e. The van der Waals surface area contributed by atoms with Gasteiger partial charge < -0.3 is 5.73 Å². The number of pyridine rings is 1. The van der Waals surface area contributed by atoms with E-state index >= 15 is 0 Å². The van der Waals surface area contributed by atoms with Crippen LogP contribution in [0.1, 0.15) is 24.6 Å². The van der Waals surface area contributed by atoms with Gasteiger partial charge in [0.15, 0.2) is 0 Å². The third kappa shape index (κ3) is 2.62. The highest BCUT2D eigenvalue weighted by Gasteiger charge is 2.01. The first-order valence-electron chi connectivity index (χ1n) is 4.39. The Balaban J connectivity index is 2.63. The minimum absolute atomic E-state index is 0.249. The van der Waals surface area contributed by atoms with Crippen LogP contribution in [-0.2, 0) is 6.42 Å². The normalized spacial score (nSPS) is 12.9. The number of nitrogens with two attached hydrogens (primary N) is 1. The largest absolute Gasteiger partial charge is 0.327 e. The van der Waals surface area contributed by atoms with Crippen LogP contribution in [-0.4, -0.2) is 11.0 Å². The van der Waals surface area contributed by atoms with Crippen LogP contribution in [0.4, 0.5) is 0 Å². The Morgan fingerprint density at radius 1 is 1.58 bits per heavy atom. The van der Waals surface area contributed by atoms with Gasteiger partial charge in [0.05, 0.1) is 0 Å². The van der Waals surface area contributed by atoms with Crippen LogP contribution in [0.25, 0.3) is 0 Å². The van der Waals surface area contributed by atoms with Gasteiger partial charge in [-0.15, -0.1) is 0 Å². The van der Waals surface area contributed by atoms with Crippen LogP contribution < -0.4 is 5.73 Å². The molecule has 0 radical (unpaired) electrons. The molecule has 2 nitrogen and oxygen atoms in total. The second-order valence-electron chi connectivity index (χ2n) is 3.20. The molecule has 2 heteroatoms. The molecule has 1 heterocycles. The molecule has 0 aromatic carbocycles. The van der Waals surface area contributed by atoms with Crippen LogP contribution >= 0.6 is 0 Å². The Morgan fingerprint density at radius 2 is 2.33 bits per heavy atom. The highest BCUT2D eigenvalue weighted by atomic mass is 14.7. The van der Waals surface area contributed by atoms with E-state index in [2.05, 4.69) is 24.9 Å². The Kier molecular flexibility index (Phi) is 3.23. The van der Waals surface area contributed by atoms with Crippen LogP contribution in [0.5, 0.6) is 0 Å². The van der Waals surface area contributed by atoms with Crippen LogP contribution in [0.15, 0.2) is 18.3 Å². The summed E-state index contributed by atoms with van der Waals surface area (Å²) in [7, 11) is 0. The van der Waals surface area contributed by atoms with Crippen molar-refractivity contribution in [2.75, 3.05) is 0 Å². The molecule has 2 N–H and O–H groups in total. The van der Waals surface area contributed by atoms with Crippen molar-refractivity contribution in [2.45, 2.75) is 32.7 Å². The van der Waals surface area contributed by atoms with Crippen molar-refractivity contribution < 1.29 is 0 Å². The summed E-state index contributed by atoms with van der Waals surface area (Å²) >= 11 is 0. The average Bonchev–Trinajstić information content (AvgIpc) is 2.04. The summed E-state index contributed by atoms with van der Waals surface area (Å²) in [5, 5.41) is 0. The van der Waals surface area contributed by atoms with E-state index in [9.17, 15) is 0 Å². The van der Waals surface area contributed by atoms with Gasteiger partial charge in [-0.3, -0.25) is 4.98 Å². The zero-order chi connectivity index (χ0) is 8.97. The molecule has 0 amide bonds. The second kappa shape index (κ2) is 4.21. The van der Waals surface area contributed by atoms with E-state index < -0.39 is 0 Å². The maximum atomic E-state index is 5.82. The first kappa shape index (κ1) is 9.20. The molecule has 1 aromatic rings. The fourth-order valence-electron chi connectivity index (χ4n) is 1.12. The number of aromatic nitrogens is 1. The second-order valence-corrected chi connectivity index (χ2v) is 3.20. The van der Waals surface area contributed by atoms with Gasteiger partial charge >= 0.3 is 0 Å². The molecule has 0 aliphatic heterocycles. The van der Waals surface area contributed by atoms with E-state index in [0.29, 0.717) is 0 Å². The molecule has 0 spiro atoms. The SMILES string of the molecule is CCC(N)Cc1cc(C)ccn1. The fourth-order valence-corrected chi connectivity index (χ4v) is 1.12. The van der Waals surface area contributed by atoms with E-state index in [1.807, 2.05) is 12.3 Å². The van der Waals surface area contributed by atoms with Crippen molar-refractivity contribution in [2.24, 2.45) is 5.73 Å². The molecule has 0 saturated carbocycles. The predicted octanol–water partition coefficient (Wildman–Crippen LogP) is 1.67. The molecule has 66 valence electrons. The minimum Gasteiger partial charge on any atom is -0.327 e. The first-order valence-corrected chi connectivity index (χ1v) is 4.39. The highest BCUT2D eigenvalue weighted by molar-refractivity contribution is 5.15. The van der Waals surface area contributed by atoms with Gasteiger partial charge in [0.2, 0.25) is 0 Å². The van der Waals surface area contributed by atoms with Gasteiger partial charge in [0, 0.05) is 24.4 Å². The van der Waals surface area contributed by atoms with Crippen molar-refractivity contribution in [3.8, 4) is 0 Å². The molecule has 1 unspecified atom stereocenters. The van der Waals surface area contributed by atoms with Crippen molar-refractivity contribution in [1.29, 1.82) is 0 Å². The third-order valence-corrected chi connectivity index (χ3v) is 1.97. The zero-order valence-corrected chi connectivity index (χ0v) is 7.75. The standard InChI is InChI=1S/C10H16N2/c1-3-9(11)7-10-6-8(2)4-5-12-10/h4-6,9H,3,7,11H2,1-2H3. The predicted molar refractivity (Wildman–Crippen MR) is 50.9 cm³/mol. The zero-order valence-electron chi connectivity index (χ0n) is 7.75. The van der Waals surface area contributed by atoms with E-state index in [0.717, 1.165) is 18.5 Å². The molecule has 0 aliphatic carbocycles. The van der Waals surface area contributed by atoms with Gasteiger partial charge in [-0.1, -0.05) is 6.92 Å². The number of hydrogen-bond acceptors (Lipinski definition) is 2. The van der Waals surface area contributed by atoms with Crippen LogP contribution in [0.3, 0.4) is 0 Å². The lowest BCUT2D eigenvalue weighted by atomic mass is 10.1. The summed E-state index contributed by atoms with van der Waals surface area (Å²) in [6, 6.07) is 4.34. The quantitative estimate of drug-likeness (QED) is 0.738. The third-order valence-electron chi connectivity index (χ3n) is 1.97. The molecule has 0 bridgehead atoms. The molecule has 1 atom stereocenters. The van der Waals surface area contributed by atoms with Crippen molar-refractivity contribution >= 4 is 0 Å². The molecular weight excluding hydrogens is 148 g/mol. The minimum atomic E-state index is 0.249. The summed E-state index contributed by atoms with van der Waals surface area (Å²) in [5.41, 5.74) is 8.17. The average molecular weight is 164 g/mol. The monoisotopic (exact) mass is 164 g/mol. The van der Waals surface area contributed by atoms with Gasteiger partial charge in [-0.05, 0) is 31.0 Å². The Labute approximate surface area is 73.8 Å². The van der Waals surface area contributed by atoms with Gasteiger partial charge in [-0.25, -0.2) is 0 Å². The lowest BCUT2D eigenvalue weighted by molar-refractivity contribution is 0.636. The van der Waals surface area contributed by atoms with Crippen molar-refractivity contribution in [1.82, 2.24) is 4.98 Å². The van der Waals surface area contributed by atoms with E-state index in [1.165, 1.54) is 5.56 Å². The van der Waals surface area contributed by atoms with Gasteiger partial charge in [0.1, 0.15) is 0 Å². The summed E-state index contributed by atoms with van der Waals surface area (Å²) in [5.74, 6) is 0. The molecule has 12 heavy (non-hydrogen) atoms. The van der Waals surface area contributed by atoms with E-state index in [4.69, 9.17) is 5.73 Å². The number of nitrogens with zero attached hydrogens (tertiary/aromatic N) is 1. The van der Waals surface area contributed by atoms with Crippen molar-refractivity contribution in [3.63, 3.8) is 0 Å². The van der Waals surface area contributed by atoms with E-state index in [-0.39, 0.29) is 6.04 Å². The van der Waals surface area contributed by atoms with E-state index in [1.54, 1.807) is 0 Å². The fraction of sp³-hybridized carbons (Fsp3) is 0.500. The summed E-state index contributed by atoms with van der Waals surface area (Å²) < 4.78 is 0. The first-order chi connectivity index (χ1) is 5.72. The number of hydrogen-bond donors (Lipinski definition) is 1. The molecule has 0 aliphatic rings. The number of aryl methyl sites for hydroxylation is 1. The summed E-state index contributed by atoms with van der Waals surface area (Å²) in [6.07, 6.45) is 3.74. The van der Waals surface area contributed by atoms with Crippen LogP contribution in [0, 0.1) is 6.92 Å². The van der Waals surface area contributed by atoms with Crippen molar-refractivity contribution in [3.05, 3.63) is 29.6 Å². The lowest BCUT2D eigenvalue weighted by Crippen LogP contribution is -2.21. The topological polar surface area (TPSA) is 38.9 Å². The molecule has 1 rings (SSSR count). The Morgan fingerprint density at radius 3 is 2.92 bits per heavy atom. The Bertz CT molecular complexity index is 245. The maximum absolute atomic E-state index is 5.82.